The standard InChI is InChI=1S/C18H19N7O2S/c26-18-6-12-11-28-5-2-13(12)23-25(18)15-10-27-9-14(15)21-16-7-19-8-17(22-16)24-4-1-3-20-24/h1,3-4,6-8,14-15H,2,5,9-11H2,(H,21,22). The Morgan fingerprint density at radius 1 is 1.29 bits per heavy atom. The maximum absolute atomic E-state index is 12.7. The number of thioether (sulfide) groups is 1. The normalized spacial score (nSPS) is 21.4. The second-order valence-corrected chi connectivity index (χ2v) is 7.88. The molecule has 28 heavy (non-hydrogen) atoms. The number of aromatic nitrogens is 6. The summed E-state index contributed by atoms with van der Waals surface area (Å²) < 4.78 is 8.89. The van der Waals surface area contributed by atoms with E-state index >= 15 is 0 Å². The van der Waals surface area contributed by atoms with Crippen molar-refractivity contribution >= 4 is 17.6 Å². The van der Waals surface area contributed by atoms with Gasteiger partial charge in [-0.2, -0.15) is 22.0 Å². The predicted octanol–water partition coefficient (Wildman–Crippen LogP) is 1.06. The molecule has 5 rings (SSSR count). The number of hydrogen-bond acceptors (Lipinski definition) is 8. The molecular formula is C18H19N7O2S. The van der Waals surface area contributed by atoms with Gasteiger partial charge in [0.15, 0.2) is 5.82 Å². The molecule has 1 fully saturated rings. The van der Waals surface area contributed by atoms with E-state index in [1.54, 1.807) is 34.0 Å². The quantitative estimate of drug-likeness (QED) is 0.698. The van der Waals surface area contributed by atoms with Crippen molar-refractivity contribution < 1.29 is 4.74 Å². The molecular weight excluding hydrogens is 378 g/mol. The highest BCUT2D eigenvalue weighted by atomic mass is 32.2. The minimum atomic E-state index is -0.192. The fourth-order valence-corrected chi connectivity index (χ4v) is 4.47. The van der Waals surface area contributed by atoms with Gasteiger partial charge in [0.25, 0.3) is 5.56 Å². The molecule has 2 unspecified atom stereocenters. The molecule has 1 N–H and O–H groups in total. The summed E-state index contributed by atoms with van der Waals surface area (Å²) in [6, 6.07) is 3.24. The molecule has 0 spiro atoms. The highest BCUT2D eigenvalue weighted by Gasteiger charge is 2.32. The lowest BCUT2D eigenvalue weighted by atomic mass is 10.1. The van der Waals surface area contributed by atoms with Crippen LogP contribution in [0.5, 0.6) is 0 Å². The SMILES string of the molecule is O=c1cc2c(nn1C1COCC1Nc1cncc(-n3cccn3)n1)CCSC2. The van der Waals surface area contributed by atoms with Crippen LogP contribution in [0.4, 0.5) is 5.82 Å². The molecule has 1 saturated heterocycles. The van der Waals surface area contributed by atoms with Gasteiger partial charge < -0.3 is 10.1 Å². The molecule has 2 aliphatic rings. The first kappa shape index (κ1) is 17.4. The summed E-state index contributed by atoms with van der Waals surface area (Å²) in [5.74, 6) is 3.12. The Bertz CT molecular complexity index is 1040. The van der Waals surface area contributed by atoms with Crippen molar-refractivity contribution in [3.63, 3.8) is 0 Å². The maximum Gasteiger partial charge on any atom is 0.267 e. The summed E-state index contributed by atoms with van der Waals surface area (Å²) in [5.41, 5.74) is 1.99. The van der Waals surface area contributed by atoms with Crippen molar-refractivity contribution in [1.29, 1.82) is 0 Å². The van der Waals surface area contributed by atoms with E-state index in [-0.39, 0.29) is 17.6 Å². The van der Waals surface area contributed by atoms with Crippen LogP contribution >= 0.6 is 11.8 Å². The molecule has 3 aromatic rings. The molecule has 0 aliphatic carbocycles. The van der Waals surface area contributed by atoms with Gasteiger partial charge in [0.1, 0.15) is 11.9 Å². The van der Waals surface area contributed by atoms with Crippen molar-refractivity contribution in [2.75, 3.05) is 24.3 Å². The van der Waals surface area contributed by atoms with Crippen molar-refractivity contribution in [3.8, 4) is 5.82 Å². The molecule has 0 saturated carbocycles. The van der Waals surface area contributed by atoms with Gasteiger partial charge >= 0.3 is 0 Å². The Kier molecular flexibility index (Phi) is 4.57. The molecule has 0 bridgehead atoms. The predicted molar refractivity (Wildman–Crippen MR) is 105 cm³/mol. The van der Waals surface area contributed by atoms with Crippen LogP contribution in [0.15, 0.2) is 41.7 Å². The molecule has 0 radical (unpaired) electrons. The van der Waals surface area contributed by atoms with Crippen molar-refractivity contribution in [2.24, 2.45) is 0 Å². The Morgan fingerprint density at radius 2 is 2.25 bits per heavy atom. The zero-order valence-electron chi connectivity index (χ0n) is 15.1. The van der Waals surface area contributed by atoms with Crippen LogP contribution < -0.4 is 10.9 Å². The van der Waals surface area contributed by atoms with Gasteiger partial charge in [0, 0.05) is 30.6 Å². The third-order valence-electron chi connectivity index (χ3n) is 4.92. The van der Waals surface area contributed by atoms with Gasteiger partial charge in [-0.1, -0.05) is 0 Å². The van der Waals surface area contributed by atoms with Crippen LogP contribution in [0, 0.1) is 0 Å². The molecule has 144 valence electrons. The maximum atomic E-state index is 12.7. The Labute approximate surface area is 165 Å². The lowest BCUT2D eigenvalue weighted by Gasteiger charge is -2.23. The van der Waals surface area contributed by atoms with Crippen LogP contribution in [-0.2, 0) is 16.9 Å². The van der Waals surface area contributed by atoms with Gasteiger partial charge in [-0.3, -0.25) is 9.78 Å². The van der Waals surface area contributed by atoms with Crippen molar-refractivity contribution in [1.82, 2.24) is 29.5 Å². The number of hydrogen-bond donors (Lipinski definition) is 1. The number of aryl methyl sites for hydroxylation is 1. The summed E-state index contributed by atoms with van der Waals surface area (Å²) in [6.45, 7) is 0.907. The van der Waals surface area contributed by atoms with Gasteiger partial charge in [0.2, 0.25) is 0 Å². The average molecular weight is 397 g/mol. The fraction of sp³-hybridized carbons (Fsp3) is 0.389. The van der Waals surface area contributed by atoms with E-state index in [2.05, 4.69) is 25.5 Å². The zero-order valence-corrected chi connectivity index (χ0v) is 15.9. The minimum absolute atomic E-state index is 0.0834. The topological polar surface area (TPSA) is 99.8 Å². The Balaban J connectivity index is 1.41. The van der Waals surface area contributed by atoms with E-state index in [9.17, 15) is 4.79 Å². The first-order valence-electron chi connectivity index (χ1n) is 9.13. The van der Waals surface area contributed by atoms with Crippen LogP contribution in [-0.4, -0.2) is 54.5 Å². The Hall–Kier alpha value is -2.72. The molecule has 2 aliphatic heterocycles. The van der Waals surface area contributed by atoms with Crippen LogP contribution in [0.25, 0.3) is 5.82 Å². The Morgan fingerprint density at radius 3 is 3.14 bits per heavy atom. The van der Waals surface area contributed by atoms with Gasteiger partial charge in [-0.15, -0.1) is 0 Å². The fourth-order valence-electron chi connectivity index (χ4n) is 3.52. The number of anilines is 1. The summed E-state index contributed by atoms with van der Waals surface area (Å²) >= 11 is 1.84. The first-order chi connectivity index (χ1) is 13.8. The van der Waals surface area contributed by atoms with Gasteiger partial charge in [-0.25, -0.2) is 14.3 Å². The number of nitrogens with zero attached hydrogens (tertiary/aromatic N) is 6. The van der Waals surface area contributed by atoms with E-state index in [1.807, 2.05) is 24.0 Å². The second-order valence-electron chi connectivity index (χ2n) is 6.77. The molecule has 5 heterocycles. The number of fused-ring (bicyclic) bond motifs is 1. The molecule has 3 aromatic heterocycles. The summed E-state index contributed by atoms with van der Waals surface area (Å²) in [7, 11) is 0. The van der Waals surface area contributed by atoms with Crippen molar-refractivity contribution in [3.05, 3.63) is 58.5 Å². The number of nitrogens with one attached hydrogen (secondary N) is 1. The highest BCUT2D eigenvalue weighted by Crippen LogP contribution is 2.24. The summed E-state index contributed by atoms with van der Waals surface area (Å²) in [6.07, 6.45) is 7.69. The molecule has 10 heteroatoms. The smallest absolute Gasteiger partial charge is 0.267 e. The minimum Gasteiger partial charge on any atom is -0.377 e. The monoisotopic (exact) mass is 397 g/mol. The number of ether oxygens (including phenoxy) is 1. The van der Waals surface area contributed by atoms with Crippen molar-refractivity contribution in [2.45, 2.75) is 24.3 Å². The van der Waals surface area contributed by atoms with Crippen LogP contribution in [0.2, 0.25) is 0 Å². The average Bonchev–Trinajstić information content (AvgIpc) is 3.40. The zero-order chi connectivity index (χ0) is 18.9. The summed E-state index contributed by atoms with van der Waals surface area (Å²) in [4.78, 5) is 21.5. The third-order valence-corrected chi connectivity index (χ3v) is 5.93. The van der Waals surface area contributed by atoms with E-state index in [4.69, 9.17) is 4.74 Å². The lowest BCUT2D eigenvalue weighted by Crippen LogP contribution is -2.38. The second kappa shape index (κ2) is 7.36. The van der Waals surface area contributed by atoms with E-state index in [0.717, 1.165) is 29.2 Å². The summed E-state index contributed by atoms with van der Waals surface area (Å²) in [5, 5.41) is 12.2. The number of rotatable bonds is 4. The van der Waals surface area contributed by atoms with Crippen LogP contribution in [0.1, 0.15) is 17.3 Å². The van der Waals surface area contributed by atoms with Gasteiger partial charge in [0.05, 0.1) is 37.3 Å². The van der Waals surface area contributed by atoms with E-state index < -0.39 is 0 Å². The first-order valence-corrected chi connectivity index (χ1v) is 10.3. The third kappa shape index (κ3) is 3.29. The molecule has 0 amide bonds. The largest absolute Gasteiger partial charge is 0.377 e. The highest BCUT2D eigenvalue weighted by molar-refractivity contribution is 7.98. The lowest BCUT2D eigenvalue weighted by molar-refractivity contribution is 0.182. The molecule has 0 aromatic carbocycles. The van der Waals surface area contributed by atoms with Crippen LogP contribution in [0.3, 0.4) is 0 Å². The van der Waals surface area contributed by atoms with Gasteiger partial charge in [-0.05, 0) is 17.4 Å². The molecule has 2 atom stereocenters. The van der Waals surface area contributed by atoms with E-state index in [0.29, 0.717) is 24.8 Å². The molecule has 9 nitrogen and oxygen atoms in total. The van der Waals surface area contributed by atoms with E-state index in [1.165, 1.54) is 0 Å².